The summed E-state index contributed by atoms with van der Waals surface area (Å²) in [4.78, 5) is 27.4. The molecule has 0 atom stereocenters. The van der Waals surface area contributed by atoms with E-state index < -0.39 is 0 Å². The number of rotatable bonds is 2. The molecule has 2 heterocycles. The summed E-state index contributed by atoms with van der Waals surface area (Å²) in [6, 6.07) is 27.5. The van der Waals surface area contributed by atoms with Crippen molar-refractivity contribution in [1.82, 2.24) is 4.52 Å². The number of hydrogen-bond donors (Lipinski definition) is 0. The maximum absolute atomic E-state index is 14.0. The van der Waals surface area contributed by atoms with Gasteiger partial charge in [0.05, 0.1) is 16.2 Å². The lowest BCUT2D eigenvalue weighted by atomic mass is 9.94. The number of aryl methyl sites for hydroxylation is 2. The monoisotopic (exact) mass is 451 g/mol. The third kappa shape index (κ3) is 2.33. The van der Waals surface area contributed by atoms with Gasteiger partial charge >= 0.3 is 5.56 Å². The lowest BCUT2D eigenvalue weighted by Gasteiger charge is -2.12. The third-order valence-electron chi connectivity index (χ3n) is 7.68. The minimum absolute atomic E-state index is 0.0413. The Morgan fingerprint density at radius 3 is 2.34 bits per heavy atom. The summed E-state index contributed by atoms with van der Waals surface area (Å²) in [6.45, 7) is 0. The largest absolute Gasteiger partial charge is 0.315 e. The van der Waals surface area contributed by atoms with E-state index in [9.17, 15) is 9.59 Å². The normalized spacial score (nSPS) is 13.1. The van der Waals surface area contributed by atoms with Crippen molar-refractivity contribution in [2.45, 2.75) is 12.8 Å². The van der Waals surface area contributed by atoms with E-state index >= 15 is 0 Å². The summed E-state index contributed by atoms with van der Waals surface area (Å²) < 4.78 is 3.76. The van der Waals surface area contributed by atoms with Gasteiger partial charge in [-0.1, -0.05) is 63.6 Å². The third-order valence-corrected chi connectivity index (χ3v) is 7.68. The predicted octanol–water partition coefficient (Wildman–Crippen LogP) is 5.27. The standard InChI is InChI=1S/C31H19N2O2/c34-30(20-5-2-1-3-6-20)23-14-15-24-29-22(23)7-4-8-25(29)32-17-21-12-11-18-9-10-19-13-16-26(28(21)27(18)19)33(32)31(24)35/h1-8,11-17H,9-10H2/q+1. The number of aromatic nitrogens is 2. The van der Waals surface area contributed by atoms with Gasteiger partial charge in [-0.15, -0.1) is 0 Å². The summed E-state index contributed by atoms with van der Waals surface area (Å²) in [6.07, 6.45) is 4.16. The van der Waals surface area contributed by atoms with E-state index in [-0.39, 0.29) is 11.3 Å². The topological polar surface area (TPSA) is 42.6 Å². The van der Waals surface area contributed by atoms with Crippen LogP contribution in [0.2, 0.25) is 0 Å². The fourth-order valence-corrected chi connectivity index (χ4v) is 6.12. The first-order valence-corrected chi connectivity index (χ1v) is 11.9. The second kappa shape index (κ2) is 6.51. The van der Waals surface area contributed by atoms with Crippen LogP contribution in [0.3, 0.4) is 0 Å². The molecular weight excluding hydrogens is 432 g/mol. The Hall–Kier alpha value is -4.57. The summed E-state index contributed by atoms with van der Waals surface area (Å²) in [7, 11) is 0. The molecule has 5 aromatic carbocycles. The van der Waals surface area contributed by atoms with Crippen LogP contribution in [0.25, 0.3) is 43.4 Å². The molecule has 0 N–H and O–H groups in total. The smallest absolute Gasteiger partial charge is 0.289 e. The molecule has 2 aromatic heterocycles. The molecule has 0 aliphatic heterocycles. The van der Waals surface area contributed by atoms with Crippen LogP contribution in [0.15, 0.2) is 95.9 Å². The van der Waals surface area contributed by atoms with Crippen molar-refractivity contribution in [2.24, 2.45) is 0 Å². The molecule has 0 spiro atoms. The molecule has 0 saturated heterocycles. The zero-order chi connectivity index (χ0) is 23.3. The minimum atomic E-state index is -0.0759. The molecule has 0 unspecified atom stereocenters. The summed E-state index contributed by atoms with van der Waals surface area (Å²) >= 11 is 0. The zero-order valence-electron chi connectivity index (χ0n) is 18.8. The van der Waals surface area contributed by atoms with Crippen molar-refractivity contribution >= 4 is 49.1 Å². The van der Waals surface area contributed by atoms with Crippen LogP contribution in [-0.4, -0.2) is 10.3 Å². The Kier molecular flexibility index (Phi) is 3.50. The molecule has 0 radical (unpaired) electrons. The molecular formula is C31H19N2O2+. The van der Waals surface area contributed by atoms with E-state index in [1.807, 2.05) is 59.1 Å². The van der Waals surface area contributed by atoms with Crippen LogP contribution in [0.5, 0.6) is 0 Å². The molecule has 35 heavy (non-hydrogen) atoms. The molecule has 0 saturated carbocycles. The van der Waals surface area contributed by atoms with Gasteiger partial charge in [-0.05, 0) is 53.6 Å². The highest BCUT2D eigenvalue weighted by atomic mass is 16.1. The maximum Gasteiger partial charge on any atom is 0.315 e. The second-order valence-corrected chi connectivity index (χ2v) is 9.45. The Balaban J connectivity index is 1.55. The van der Waals surface area contributed by atoms with Crippen molar-refractivity contribution in [2.75, 3.05) is 0 Å². The Labute approximate surface area is 199 Å². The van der Waals surface area contributed by atoms with Gasteiger partial charge in [-0.3, -0.25) is 9.59 Å². The second-order valence-electron chi connectivity index (χ2n) is 9.45. The summed E-state index contributed by atoms with van der Waals surface area (Å²) in [5.74, 6) is -0.0413. The van der Waals surface area contributed by atoms with Gasteiger partial charge in [0.15, 0.2) is 5.78 Å². The van der Waals surface area contributed by atoms with Gasteiger partial charge in [-0.25, -0.2) is 0 Å². The lowest BCUT2D eigenvalue weighted by molar-refractivity contribution is -0.592. The molecule has 0 fully saturated rings. The first-order chi connectivity index (χ1) is 17.2. The van der Waals surface area contributed by atoms with Crippen molar-refractivity contribution in [1.29, 1.82) is 0 Å². The fraction of sp³-hybridized carbons (Fsp3) is 0.0645. The van der Waals surface area contributed by atoms with Gasteiger partial charge in [0.25, 0.3) is 0 Å². The highest BCUT2D eigenvalue weighted by Gasteiger charge is 2.26. The van der Waals surface area contributed by atoms with Crippen molar-refractivity contribution < 1.29 is 9.31 Å². The average molecular weight is 452 g/mol. The number of fused-ring (bicyclic) bond motifs is 3. The van der Waals surface area contributed by atoms with Crippen LogP contribution >= 0.6 is 0 Å². The van der Waals surface area contributed by atoms with Crippen LogP contribution in [0, 0.1) is 0 Å². The Bertz CT molecular complexity index is 2080. The maximum atomic E-state index is 14.0. The van der Waals surface area contributed by atoms with Crippen LogP contribution < -0.4 is 10.1 Å². The molecule has 164 valence electrons. The highest BCUT2D eigenvalue weighted by Crippen LogP contribution is 2.36. The Morgan fingerprint density at radius 2 is 1.51 bits per heavy atom. The van der Waals surface area contributed by atoms with Gasteiger partial charge in [0.1, 0.15) is 5.52 Å². The van der Waals surface area contributed by atoms with Crippen LogP contribution in [-0.2, 0) is 12.8 Å². The van der Waals surface area contributed by atoms with Crippen molar-refractivity contribution in [3.05, 3.63) is 124 Å². The highest BCUT2D eigenvalue weighted by molar-refractivity contribution is 6.21. The number of carbonyl (C=O) groups is 1. The van der Waals surface area contributed by atoms with E-state index in [1.54, 1.807) is 10.6 Å². The SMILES string of the molecule is O=C(c1ccccc1)c1ccc2c(=O)n3c4ccc5c6c(ccc(c[n+]3c3cccc1c23)c64)CC5. The first-order valence-electron chi connectivity index (χ1n) is 11.9. The van der Waals surface area contributed by atoms with E-state index in [1.165, 1.54) is 16.5 Å². The summed E-state index contributed by atoms with van der Waals surface area (Å²) in [5.41, 5.74) is 5.71. The fourth-order valence-electron chi connectivity index (χ4n) is 6.12. The molecule has 4 heteroatoms. The molecule has 4 nitrogen and oxygen atoms in total. The van der Waals surface area contributed by atoms with E-state index in [0.717, 1.165) is 45.4 Å². The van der Waals surface area contributed by atoms with Crippen molar-refractivity contribution in [3.8, 4) is 0 Å². The molecule has 1 aliphatic carbocycles. The van der Waals surface area contributed by atoms with E-state index in [0.29, 0.717) is 16.5 Å². The zero-order valence-corrected chi connectivity index (χ0v) is 18.8. The average Bonchev–Trinajstić information content (AvgIpc) is 3.34. The van der Waals surface area contributed by atoms with Gasteiger partial charge < -0.3 is 0 Å². The van der Waals surface area contributed by atoms with E-state index in [4.69, 9.17) is 0 Å². The lowest BCUT2D eigenvalue weighted by Crippen LogP contribution is -2.40. The van der Waals surface area contributed by atoms with Gasteiger partial charge in [0, 0.05) is 28.0 Å². The molecule has 0 bridgehead atoms. The van der Waals surface area contributed by atoms with Gasteiger partial charge in [0.2, 0.25) is 11.7 Å². The van der Waals surface area contributed by atoms with Gasteiger partial charge in [-0.2, -0.15) is 0 Å². The number of benzene rings is 5. The number of ketones is 1. The van der Waals surface area contributed by atoms with Crippen LogP contribution in [0.1, 0.15) is 27.0 Å². The molecule has 1 aliphatic rings. The molecule has 0 amide bonds. The number of hydrogen-bond acceptors (Lipinski definition) is 2. The summed E-state index contributed by atoms with van der Waals surface area (Å²) in [5, 5.41) is 5.82. The van der Waals surface area contributed by atoms with Crippen molar-refractivity contribution in [3.63, 3.8) is 0 Å². The Morgan fingerprint density at radius 1 is 0.714 bits per heavy atom. The molecule has 8 rings (SSSR count). The minimum Gasteiger partial charge on any atom is -0.289 e. The number of nitrogens with zero attached hydrogens (tertiary/aromatic N) is 2. The quantitative estimate of drug-likeness (QED) is 0.156. The first kappa shape index (κ1) is 18.8. The van der Waals surface area contributed by atoms with E-state index in [2.05, 4.69) is 30.5 Å². The molecule has 7 aromatic rings. The predicted molar refractivity (Wildman–Crippen MR) is 138 cm³/mol. The van der Waals surface area contributed by atoms with Crippen LogP contribution in [0.4, 0.5) is 0 Å². The number of carbonyl (C=O) groups excluding carboxylic acids is 1.